The first-order valence-corrected chi connectivity index (χ1v) is 16.0. The zero-order valence-corrected chi connectivity index (χ0v) is 25.9. The monoisotopic (exact) mass is 631 g/mol. The molecule has 0 unspecified atom stereocenters. The summed E-state index contributed by atoms with van der Waals surface area (Å²) in [6.45, 7) is 6.93. The van der Waals surface area contributed by atoms with Gasteiger partial charge in [0.15, 0.2) is 0 Å². The van der Waals surface area contributed by atoms with Crippen LogP contribution >= 0.6 is 27.7 Å². The Hall–Kier alpha value is -2.82. The molecule has 3 aromatic carbocycles. The summed E-state index contributed by atoms with van der Waals surface area (Å²) in [5, 5.41) is 2.86. The SMILES string of the molecule is CSc1ccc(S(=O)(=O)N(CC(=O)N(Cc2ccc(Br)cc2)[C@H](C)C(=O)NC(C)C)c2ccc(C)cc2)cc1. The number of hydrogen-bond acceptors (Lipinski definition) is 5. The van der Waals surface area contributed by atoms with E-state index in [9.17, 15) is 18.0 Å². The molecule has 0 aliphatic heterocycles. The van der Waals surface area contributed by atoms with Crippen LogP contribution in [-0.2, 0) is 26.2 Å². The number of anilines is 1. The van der Waals surface area contributed by atoms with Crippen molar-refractivity contribution in [2.75, 3.05) is 17.1 Å². The molecule has 3 rings (SSSR count). The third-order valence-electron chi connectivity index (χ3n) is 6.11. The van der Waals surface area contributed by atoms with Crippen LogP contribution in [0.25, 0.3) is 0 Å². The maximum absolute atomic E-state index is 13.9. The molecule has 0 heterocycles. The van der Waals surface area contributed by atoms with Gasteiger partial charge in [-0.15, -0.1) is 11.8 Å². The Bertz CT molecular complexity index is 1380. The highest BCUT2D eigenvalue weighted by Crippen LogP contribution is 2.26. The fourth-order valence-corrected chi connectivity index (χ4v) is 5.98. The smallest absolute Gasteiger partial charge is 0.264 e. The van der Waals surface area contributed by atoms with Gasteiger partial charge >= 0.3 is 0 Å². The lowest BCUT2D eigenvalue weighted by Gasteiger charge is -2.32. The van der Waals surface area contributed by atoms with Gasteiger partial charge in [-0.3, -0.25) is 13.9 Å². The number of thioether (sulfide) groups is 1. The Kier molecular flexibility index (Phi) is 10.6. The number of carbonyl (C=O) groups excluding carboxylic acids is 2. The summed E-state index contributed by atoms with van der Waals surface area (Å²) in [6.07, 6.45) is 1.91. The average molecular weight is 633 g/mol. The summed E-state index contributed by atoms with van der Waals surface area (Å²) in [5.41, 5.74) is 2.14. The van der Waals surface area contributed by atoms with Crippen molar-refractivity contribution < 1.29 is 18.0 Å². The predicted octanol–water partition coefficient (Wildman–Crippen LogP) is 5.62. The van der Waals surface area contributed by atoms with Crippen LogP contribution < -0.4 is 9.62 Å². The second-order valence-corrected chi connectivity index (χ2v) is 13.2. The van der Waals surface area contributed by atoms with Gasteiger partial charge in [-0.1, -0.05) is 45.8 Å². The molecule has 1 atom stereocenters. The van der Waals surface area contributed by atoms with Gasteiger partial charge in [-0.2, -0.15) is 0 Å². The molecule has 0 bridgehead atoms. The van der Waals surface area contributed by atoms with E-state index in [1.165, 1.54) is 16.7 Å². The average Bonchev–Trinajstić information content (AvgIpc) is 2.91. The van der Waals surface area contributed by atoms with Crippen LogP contribution in [0.15, 0.2) is 87.1 Å². The largest absolute Gasteiger partial charge is 0.352 e. The van der Waals surface area contributed by atoms with Crippen molar-refractivity contribution in [3.05, 3.63) is 88.4 Å². The van der Waals surface area contributed by atoms with E-state index in [0.717, 1.165) is 24.8 Å². The Labute approximate surface area is 244 Å². The van der Waals surface area contributed by atoms with E-state index in [4.69, 9.17) is 0 Å². The number of halogens is 1. The quantitative estimate of drug-likeness (QED) is 0.278. The van der Waals surface area contributed by atoms with Gasteiger partial charge in [-0.25, -0.2) is 8.42 Å². The van der Waals surface area contributed by atoms with Crippen LogP contribution in [0.3, 0.4) is 0 Å². The van der Waals surface area contributed by atoms with E-state index in [1.807, 2.05) is 51.3 Å². The molecular weight excluding hydrogens is 598 g/mol. The highest BCUT2D eigenvalue weighted by molar-refractivity contribution is 9.10. The lowest BCUT2D eigenvalue weighted by atomic mass is 10.1. The topological polar surface area (TPSA) is 86.8 Å². The van der Waals surface area contributed by atoms with Gasteiger partial charge < -0.3 is 10.2 Å². The van der Waals surface area contributed by atoms with Crippen molar-refractivity contribution >= 4 is 55.2 Å². The number of carbonyl (C=O) groups is 2. The molecule has 0 saturated heterocycles. The number of benzene rings is 3. The molecule has 0 spiro atoms. The molecule has 0 aliphatic rings. The number of sulfonamides is 1. The van der Waals surface area contributed by atoms with Crippen molar-refractivity contribution in [2.45, 2.75) is 56.1 Å². The maximum Gasteiger partial charge on any atom is 0.264 e. The zero-order chi connectivity index (χ0) is 28.7. The molecule has 0 aliphatic carbocycles. The summed E-state index contributed by atoms with van der Waals surface area (Å²) in [7, 11) is -4.09. The van der Waals surface area contributed by atoms with E-state index in [-0.39, 0.29) is 23.4 Å². The van der Waals surface area contributed by atoms with E-state index in [2.05, 4.69) is 21.2 Å². The third-order valence-corrected chi connectivity index (χ3v) is 9.17. The molecule has 0 saturated carbocycles. The summed E-state index contributed by atoms with van der Waals surface area (Å²) in [5.74, 6) is -0.804. The summed E-state index contributed by atoms with van der Waals surface area (Å²) in [4.78, 5) is 29.3. The Morgan fingerprint density at radius 3 is 2.05 bits per heavy atom. The van der Waals surface area contributed by atoms with Crippen molar-refractivity contribution in [1.82, 2.24) is 10.2 Å². The lowest BCUT2D eigenvalue weighted by molar-refractivity contribution is -0.139. The standard InChI is InChI=1S/C29H34BrN3O4S2/c1-20(2)31-29(35)22(4)32(18-23-8-10-24(30)11-9-23)28(34)19-33(25-12-6-21(3)7-13-25)39(36,37)27-16-14-26(38-5)15-17-27/h6-17,20,22H,18-19H2,1-5H3,(H,31,35)/t22-/m1/s1. The molecule has 10 heteroatoms. The molecular formula is C29H34BrN3O4S2. The van der Waals surface area contributed by atoms with E-state index < -0.39 is 28.5 Å². The minimum Gasteiger partial charge on any atom is -0.352 e. The first-order chi connectivity index (χ1) is 18.4. The molecule has 39 heavy (non-hydrogen) atoms. The lowest BCUT2D eigenvalue weighted by Crippen LogP contribution is -2.52. The third kappa shape index (κ3) is 8.09. The van der Waals surface area contributed by atoms with E-state index in [1.54, 1.807) is 55.5 Å². The fraction of sp³-hybridized carbons (Fsp3) is 0.310. The van der Waals surface area contributed by atoms with Crippen LogP contribution in [0.5, 0.6) is 0 Å². The van der Waals surface area contributed by atoms with Crippen LogP contribution in [0.4, 0.5) is 5.69 Å². The van der Waals surface area contributed by atoms with Gasteiger partial charge in [0.05, 0.1) is 10.6 Å². The number of amides is 2. The Morgan fingerprint density at radius 2 is 1.51 bits per heavy atom. The van der Waals surface area contributed by atoms with E-state index in [0.29, 0.717) is 5.69 Å². The molecule has 208 valence electrons. The number of nitrogens with zero attached hydrogens (tertiary/aromatic N) is 2. The minimum atomic E-state index is -4.09. The molecule has 0 fully saturated rings. The summed E-state index contributed by atoms with van der Waals surface area (Å²) in [6, 6.07) is 20.1. The Morgan fingerprint density at radius 1 is 0.923 bits per heavy atom. The number of rotatable bonds is 11. The number of nitrogens with one attached hydrogen (secondary N) is 1. The second kappa shape index (κ2) is 13.5. The maximum atomic E-state index is 13.9. The van der Waals surface area contributed by atoms with Gasteiger partial charge in [0.25, 0.3) is 10.0 Å². The molecule has 7 nitrogen and oxygen atoms in total. The van der Waals surface area contributed by atoms with Crippen molar-refractivity contribution in [3.8, 4) is 0 Å². The highest BCUT2D eigenvalue weighted by atomic mass is 79.9. The first-order valence-electron chi connectivity index (χ1n) is 12.5. The van der Waals surface area contributed by atoms with Crippen molar-refractivity contribution in [2.24, 2.45) is 0 Å². The molecule has 0 aromatic heterocycles. The number of aryl methyl sites for hydroxylation is 1. The van der Waals surface area contributed by atoms with Gasteiger partial charge in [0, 0.05) is 22.0 Å². The second-order valence-electron chi connectivity index (χ2n) is 9.51. The molecule has 1 N–H and O–H groups in total. The zero-order valence-electron chi connectivity index (χ0n) is 22.7. The summed E-state index contributed by atoms with van der Waals surface area (Å²) >= 11 is 4.93. The first kappa shape index (κ1) is 30.7. The Balaban J connectivity index is 2.02. The normalized spacial score (nSPS) is 12.2. The minimum absolute atomic E-state index is 0.0822. The van der Waals surface area contributed by atoms with E-state index >= 15 is 0 Å². The van der Waals surface area contributed by atoms with Crippen LogP contribution in [-0.4, -0.2) is 50.0 Å². The highest BCUT2D eigenvalue weighted by Gasteiger charge is 2.32. The van der Waals surface area contributed by atoms with Crippen LogP contribution in [0, 0.1) is 6.92 Å². The molecule has 0 radical (unpaired) electrons. The molecule has 2 amide bonds. The van der Waals surface area contributed by atoms with Gasteiger partial charge in [-0.05, 0) is 88.0 Å². The van der Waals surface area contributed by atoms with Gasteiger partial charge in [0.2, 0.25) is 11.8 Å². The van der Waals surface area contributed by atoms with Crippen molar-refractivity contribution in [1.29, 1.82) is 0 Å². The number of hydrogen-bond donors (Lipinski definition) is 1. The predicted molar refractivity (Wildman–Crippen MR) is 161 cm³/mol. The fourth-order valence-electron chi connectivity index (χ4n) is 3.89. The van der Waals surface area contributed by atoms with Crippen LogP contribution in [0.2, 0.25) is 0 Å². The van der Waals surface area contributed by atoms with Crippen molar-refractivity contribution in [3.63, 3.8) is 0 Å². The molecule has 3 aromatic rings. The van der Waals surface area contributed by atoms with Crippen LogP contribution in [0.1, 0.15) is 31.9 Å². The summed E-state index contributed by atoms with van der Waals surface area (Å²) < 4.78 is 29.8. The van der Waals surface area contributed by atoms with Gasteiger partial charge in [0.1, 0.15) is 12.6 Å².